The number of hydrogen-bond donors (Lipinski definition) is 12. The number of primary amides is 1. The maximum atomic E-state index is 15.4. The number of aliphatic hydroxyl groups is 1. The van der Waals surface area contributed by atoms with Crippen LogP contribution in [0.4, 0.5) is 8.78 Å². The van der Waals surface area contributed by atoms with Gasteiger partial charge in [-0.3, -0.25) is 47.9 Å². The van der Waals surface area contributed by atoms with Gasteiger partial charge in [-0.1, -0.05) is 51.1 Å². The van der Waals surface area contributed by atoms with Crippen molar-refractivity contribution in [1.29, 1.82) is 0 Å². The number of benzene rings is 2. The molecule has 0 aliphatic carbocycles. The number of aromatic nitrogens is 1. The second-order valence-corrected chi connectivity index (χ2v) is 20.1. The number of nitrogens with two attached hydrogens (primary N) is 3. The molecule has 79 heavy (non-hydrogen) atoms. The van der Waals surface area contributed by atoms with E-state index in [1.807, 2.05) is 30.3 Å². The van der Waals surface area contributed by atoms with Crippen LogP contribution < -0.4 is 54.4 Å². The minimum atomic E-state index is -1.73. The molecule has 0 unspecified atom stereocenters. The fraction of sp³-hybridized carbons (Fsp3) is 0.509. The van der Waals surface area contributed by atoms with Crippen LogP contribution in [0.3, 0.4) is 0 Å². The molecule has 0 saturated carbocycles. The normalized spacial score (nSPS) is 13.9. The van der Waals surface area contributed by atoms with Gasteiger partial charge in [0.05, 0.1) is 12.5 Å². The number of carbonyl (C=O) groups is 10. The molecule has 9 amide bonds. The predicted octanol–water partition coefficient (Wildman–Crippen LogP) is -0.308. The highest BCUT2D eigenvalue weighted by Crippen LogP contribution is 2.41. The van der Waals surface area contributed by atoms with Crippen molar-refractivity contribution in [2.24, 2.45) is 22.6 Å². The maximum absolute atomic E-state index is 15.4. The topological polar surface area (TPSA) is 382 Å². The molecule has 0 radical (unpaired) electrons. The van der Waals surface area contributed by atoms with E-state index in [2.05, 4.69) is 37.2 Å². The highest BCUT2D eigenvalue weighted by Gasteiger charge is 2.38. The molecule has 3 aromatic rings. The van der Waals surface area contributed by atoms with Gasteiger partial charge in [0.15, 0.2) is 0 Å². The number of nitrogens with one attached hydrogen (secondary N) is 7. The molecule has 24 nitrogen and oxygen atoms in total. The second-order valence-electron chi connectivity index (χ2n) is 20.1. The zero-order chi connectivity index (χ0) is 59.1. The van der Waals surface area contributed by atoms with Crippen LogP contribution in [0.25, 0.3) is 11.1 Å². The van der Waals surface area contributed by atoms with E-state index in [1.165, 1.54) is 25.7 Å². The van der Waals surface area contributed by atoms with Gasteiger partial charge in [-0.2, -0.15) is 0 Å². The minimum absolute atomic E-state index is 0.0656. The number of carboxylic acids is 1. The lowest BCUT2D eigenvalue weighted by Crippen LogP contribution is -2.57. The van der Waals surface area contributed by atoms with Crippen LogP contribution in [0.2, 0.25) is 0 Å². The second kappa shape index (κ2) is 31.5. The van der Waals surface area contributed by atoms with Crippen LogP contribution in [0, 0.1) is 17.0 Å². The lowest BCUT2D eigenvalue weighted by atomic mass is 9.82. The van der Waals surface area contributed by atoms with E-state index in [1.54, 1.807) is 37.6 Å². The zero-order valence-corrected chi connectivity index (χ0v) is 45.4. The van der Waals surface area contributed by atoms with Gasteiger partial charge in [0.1, 0.15) is 54.5 Å². The summed E-state index contributed by atoms with van der Waals surface area (Å²) in [6.07, 6.45) is 1.32. The molecule has 1 aromatic heterocycles. The summed E-state index contributed by atoms with van der Waals surface area (Å²) in [6, 6.07) is 4.67. The number of nitrogens with zero attached hydrogens (tertiary/aromatic N) is 2. The van der Waals surface area contributed by atoms with Gasteiger partial charge >= 0.3 is 5.97 Å². The summed E-state index contributed by atoms with van der Waals surface area (Å²) in [4.78, 5) is 131. The highest BCUT2D eigenvalue weighted by atomic mass is 19.1. The van der Waals surface area contributed by atoms with Crippen molar-refractivity contribution in [3.05, 3.63) is 83.7 Å². The molecule has 0 bridgehead atoms. The largest absolute Gasteiger partial charge is 0.480 e. The fourth-order valence-corrected chi connectivity index (χ4v) is 8.40. The smallest absolute Gasteiger partial charge is 0.320 e. The average molecular weight is 1110 g/mol. The number of amides is 9. The summed E-state index contributed by atoms with van der Waals surface area (Å²) in [5, 5.41) is 36.8. The van der Waals surface area contributed by atoms with E-state index >= 15 is 4.39 Å². The van der Waals surface area contributed by atoms with Crippen LogP contribution in [0.1, 0.15) is 104 Å². The molecule has 0 fully saturated rings. The van der Waals surface area contributed by atoms with Crippen molar-refractivity contribution in [1.82, 2.24) is 46.7 Å². The standard InChI is InChI=1S/C53H76F2N12O12/c1-30(62-51(77)39(63-32(3)69)14-10-11-20-56)48(74)61-31(2)49(75)65-41(47(58)73)26-44(71)64-40(50(76)60-22-21-59-43(70)18-17-38(57)52(78)79)19-23-67(45(72)29-68)46(53(4,5)6)42-24-34(36-25-35(54)15-16-37(36)55)28-66(42)27-33-12-8-7-9-13-33/h7-9,12-13,15-16,24-25,28,30-31,38-41,46,68H,10-11,14,17-23,26-27,29,56-57H2,1-6H3,(H2,58,73)(H,59,70)(H,60,76)(H,61,74)(H,62,77)(H,63,69)(H,64,71)(H,65,75)(H,78,79)/t30-,31-,38-,39-,40-,41-,46-/m0/s1. The zero-order valence-electron chi connectivity index (χ0n) is 45.4. The number of rotatable bonds is 32. The van der Waals surface area contributed by atoms with Crippen LogP contribution in [-0.2, 0) is 54.5 Å². The van der Waals surface area contributed by atoms with E-state index in [0.29, 0.717) is 25.1 Å². The summed E-state index contributed by atoms with van der Waals surface area (Å²) in [7, 11) is 0. The van der Waals surface area contributed by atoms with E-state index in [0.717, 1.165) is 23.8 Å². The fourth-order valence-electron chi connectivity index (χ4n) is 8.40. The molecular formula is C53H76F2N12O12. The van der Waals surface area contributed by atoms with Gasteiger partial charge in [-0.05, 0) is 87.7 Å². The van der Waals surface area contributed by atoms with Crippen LogP contribution in [0.5, 0.6) is 0 Å². The van der Waals surface area contributed by atoms with Gasteiger partial charge in [-0.25, -0.2) is 8.78 Å². The monoisotopic (exact) mass is 1110 g/mol. The molecule has 2 aromatic carbocycles. The first-order valence-corrected chi connectivity index (χ1v) is 25.8. The predicted molar refractivity (Wildman–Crippen MR) is 285 cm³/mol. The Morgan fingerprint density at radius 3 is 1.95 bits per heavy atom. The lowest BCUT2D eigenvalue weighted by molar-refractivity contribution is -0.140. The Kier molecular flexibility index (Phi) is 26.1. The number of unbranched alkanes of at least 4 members (excludes halogenated alkanes) is 1. The van der Waals surface area contributed by atoms with Crippen molar-refractivity contribution >= 4 is 59.1 Å². The number of hydrogen-bond acceptors (Lipinski definition) is 13. The van der Waals surface area contributed by atoms with E-state index < -0.39 is 132 Å². The third-order valence-corrected chi connectivity index (χ3v) is 12.5. The molecule has 0 aliphatic heterocycles. The van der Waals surface area contributed by atoms with Crippen LogP contribution in [-0.4, -0.2) is 148 Å². The minimum Gasteiger partial charge on any atom is -0.480 e. The molecule has 15 N–H and O–H groups in total. The van der Waals surface area contributed by atoms with Crippen molar-refractivity contribution in [3.63, 3.8) is 0 Å². The van der Waals surface area contributed by atoms with Crippen LogP contribution in [0.15, 0.2) is 60.8 Å². The Morgan fingerprint density at radius 1 is 0.734 bits per heavy atom. The third kappa shape index (κ3) is 21.5. The summed E-state index contributed by atoms with van der Waals surface area (Å²) in [6.45, 7) is 8.02. The summed E-state index contributed by atoms with van der Waals surface area (Å²) >= 11 is 0. The first-order chi connectivity index (χ1) is 37.2. The molecule has 0 saturated heterocycles. The Balaban J connectivity index is 1.93. The highest BCUT2D eigenvalue weighted by molar-refractivity contribution is 5.96. The Bertz CT molecular complexity index is 2610. The van der Waals surface area contributed by atoms with E-state index in [4.69, 9.17) is 22.3 Å². The van der Waals surface area contributed by atoms with E-state index in [-0.39, 0.29) is 63.0 Å². The quantitative estimate of drug-likeness (QED) is 0.0357. The molecule has 0 aliphatic rings. The molecular weight excluding hydrogens is 1030 g/mol. The van der Waals surface area contributed by atoms with Crippen LogP contribution >= 0.6 is 0 Å². The maximum Gasteiger partial charge on any atom is 0.320 e. The van der Waals surface area contributed by atoms with Crippen molar-refractivity contribution < 1.29 is 66.9 Å². The summed E-state index contributed by atoms with van der Waals surface area (Å²) < 4.78 is 31.7. The molecule has 1 heterocycles. The third-order valence-electron chi connectivity index (χ3n) is 12.5. The molecule has 3 rings (SSSR count). The SMILES string of the molecule is CC(=O)N[C@@H](CCCCN)C(=O)N[C@@H](C)C(=O)N[C@@H](C)C(=O)N[C@@H](CC(=O)N[C@@H](CCN(C(=O)CO)[C@@H](c1cc(-c2cc(F)ccc2F)cn1Cc1ccccc1)C(C)(C)C)C(=O)NCCNC(=O)CC[C@H](N)C(=O)O)C(N)=O. The van der Waals surface area contributed by atoms with Gasteiger partial charge in [0.25, 0.3) is 0 Å². The van der Waals surface area contributed by atoms with Gasteiger partial charge < -0.3 is 74.1 Å². The van der Waals surface area contributed by atoms with Gasteiger partial charge in [-0.15, -0.1) is 0 Å². The van der Waals surface area contributed by atoms with Crippen molar-refractivity contribution in [2.75, 3.05) is 32.8 Å². The summed E-state index contributed by atoms with van der Waals surface area (Å²) in [5.74, 6) is -10.1. The van der Waals surface area contributed by atoms with Crippen molar-refractivity contribution in [2.45, 2.75) is 135 Å². The molecule has 26 heteroatoms. The molecule has 7 atom stereocenters. The average Bonchev–Trinajstić information content (AvgIpc) is 3.80. The Labute approximate surface area is 457 Å². The first kappa shape index (κ1) is 65.4. The number of halogens is 2. The summed E-state index contributed by atoms with van der Waals surface area (Å²) in [5.41, 5.74) is 17.2. The number of carboxylic acid groups (broad SMARTS) is 1. The number of aliphatic carboxylic acids is 1. The molecule has 434 valence electrons. The number of aliphatic hydroxyl groups excluding tert-OH is 1. The Morgan fingerprint density at radius 2 is 1.35 bits per heavy atom. The lowest BCUT2D eigenvalue weighted by Gasteiger charge is -2.41. The Hall–Kier alpha value is -7.84. The van der Waals surface area contributed by atoms with Gasteiger partial charge in [0.2, 0.25) is 53.2 Å². The first-order valence-electron chi connectivity index (χ1n) is 25.8. The number of carbonyl (C=O) groups excluding carboxylic acids is 9. The molecule has 0 spiro atoms. The van der Waals surface area contributed by atoms with E-state index in [9.17, 15) is 57.4 Å². The van der Waals surface area contributed by atoms with Crippen molar-refractivity contribution in [3.8, 4) is 11.1 Å². The van der Waals surface area contributed by atoms with Gasteiger partial charge in [0, 0.05) is 62.5 Å².